The maximum Gasteiger partial charge on any atom is 0.417 e. The van der Waals surface area contributed by atoms with Gasteiger partial charge >= 0.3 is 12.1 Å². The quantitative estimate of drug-likeness (QED) is 0.500. The van der Waals surface area contributed by atoms with Gasteiger partial charge in [0.15, 0.2) is 0 Å². The Morgan fingerprint density at radius 3 is 2.66 bits per heavy atom. The van der Waals surface area contributed by atoms with Crippen molar-refractivity contribution in [1.82, 2.24) is 9.61 Å². The summed E-state index contributed by atoms with van der Waals surface area (Å²) in [7, 11) is 2.95. The van der Waals surface area contributed by atoms with Gasteiger partial charge in [0.05, 0.1) is 36.9 Å². The van der Waals surface area contributed by atoms with Crippen LogP contribution in [-0.4, -0.2) is 35.9 Å². The predicted molar refractivity (Wildman–Crippen MR) is 114 cm³/mol. The van der Waals surface area contributed by atoms with E-state index in [2.05, 4.69) is 5.10 Å². The van der Waals surface area contributed by atoms with Crippen LogP contribution in [0.25, 0.3) is 22.2 Å². The highest BCUT2D eigenvalue weighted by atomic mass is 19.4. The molecular weight excluding hydrogens is 421 g/mol. The Balaban J connectivity index is 1.80. The van der Waals surface area contributed by atoms with Gasteiger partial charge in [-0.05, 0) is 65.8 Å². The van der Waals surface area contributed by atoms with E-state index in [-0.39, 0.29) is 18.1 Å². The molecule has 1 unspecified atom stereocenters. The molecule has 0 radical (unpaired) electrons. The second-order valence-corrected chi connectivity index (χ2v) is 7.79. The van der Waals surface area contributed by atoms with E-state index in [1.54, 1.807) is 31.5 Å². The minimum atomic E-state index is -4.50. The van der Waals surface area contributed by atoms with Crippen molar-refractivity contribution in [3.63, 3.8) is 0 Å². The highest BCUT2D eigenvalue weighted by molar-refractivity contribution is 5.80. The topological polar surface area (TPSA) is 52.8 Å². The summed E-state index contributed by atoms with van der Waals surface area (Å²) in [6, 6.07) is 7.52. The van der Waals surface area contributed by atoms with Gasteiger partial charge in [-0.25, -0.2) is 4.52 Å². The van der Waals surface area contributed by atoms with E-state index >= 15 is 0 Å². The first-order valence-electron chi connectivity index (χ1n) is 10.3. The number of aromatic nitrogens is 2. The van der Waals surface area contributed by atoms with Crippen LogP contribution in [0, 0.1) is 0 Å². The first-order valence-corrected chi connectivity index (χ1v) is 10.3. The van der Waals surface area contributed by atoms with Crippen LogP contribution in [0.1, 0.15) is 36.0 Å². The number of rotatable bonds is 5. The second kappa shape index (κ2) is 8.78. The SMILES string of the molecule is COC(=O)Cc1cnn2ccc(-c3cc(C4=CCC(OC)CC4)ccc3C(F)(F)F)cc12. The summed E-state index contributed by atoms with van der Waals surface area (Å²) >= 11 is 0. The number of halogens is 3. The molecule has 8 heteroatoms. The van der Waals surface area contributed by atoms with Gasteiger partial charge in [-0.15, -0.1) is 0 Å². The lowest BCUT2D eigenvalue weighted by atomic mass is 9.88. The first-order chi connectivity index (χ1) is 15.3. The third kappa shape index (κ3) is 4.41. The standard InChI is InChI=1S/C24H23F3N2O3/c1-31-19-6-3-15(4-7-19)16-5-8-21(24(25,26)27)20(11-16)17-9-10-29-22(12-17)18(14-28-29)13-23(30)32-2/h3,5,8-12,14,19H,4,6-7,13H2,1-2H3. The fourth-order valence-electron chi connectivity index (χ4n) is 4.08. The van der Waals surface area contributed by atoms with E-state index in [9.17, 15) is 18.0 Å². The smallest absolute Gasteiger partial charge is 0.417 e. The molecule has 3 aromatic rings. The number of carbonyl (C=O) groups is 1. The zero-order chi connectivity index (χ0) is 22.9. The van der Waals surface area contributed by atoms with Crippen LogP contribution in [0.15, 0.2) is 48.8 Å². The number of methoxy groups -OCH3 is 2. The van der Waals surface area contributed by atoms with Crippen molar-refractivity contribution in [3.05, 3.63) is 65.5 Å². The van der Waals surface area contributed by atoms with Crippen molar-refractivity contribution in [1.29, 1.82) is 0 Å². The molecule has 1 aliphatic rings. The van der Waals surface area contributed by atoms with Crippen molar-refractivity contribution in [3.8, 4) is 11.1 Å². The lowest BCUT2D eigenvalue weighted by Gasteiger charge is -2.22. The minimum absolute atomic E-state index is 0.0107. The number of hydrogen-bond donors (Lipinski definition) is 0. The molecule has 0 N–H and O–H groups in total. The molecular formula is C24H23F3N2O3. The summed E-state index contributed by atoms with van der Waals surface area (Å²) in [5, 5.41) is 4.18. The number of alkyl halides is 3. The summed E-state index contributed by atoms with van der Waals surface area (Å²) in [5.41, 5.74) is 2.74. The largest absolute Gasteiger partial charge is 0.469 e. The van der Waals surface area contributed by atoms with E-state index in [0.717, 1.165) is 36.5 Å². The number of ether oxygens (including phenoxy) is 2. The number of benzene rings is 1. The zero-order valence-electron chi connectivity index (χ0n) is 17.8. The Bertz CT molecular complexity index is 1180. The first kappa shape index (κ1) is 22.1. The van der Waals surface area contributed by atoms with Crippen molar-refractivity contribution in [2.24, 2.45) is 0 Å². The molecule has 1 aliphatic carbocycles. The number of pyridine rings is 1. The summed E-state index contributed by atoms with van der Waals surface area (Å²) in [6.45, 7) is 0. The molecule has 0 spiro atoms. The molecule has 0 bridgehead atoms. The Labute approximate surface area is 183 Å². The normalized spacial score (nSPS) is 16.8. The van der Waals surface area contributed by atoms with Gasteiger partial charge in [0, 0.05) is 18.9 Å². The Kier molecular flexibility index (Phi) is 6.06. The van der Waals surface area contributed by atoms with Gasteiger partial charge in [-0.2, -0.15) is 18.3 Å². The summed E-state index contributed by atoms with van der Waals surface area (Å²) in [4.78, 5) is 11.7. The van der Waals surface area contributed by atoms with E-state index in [1.165, 1.54) is 23.9 Å². The summed E-state index contributed by atoms with van der Waals surface area (Å²) in [5.74, 6) is -0.443. The van der Waals surface area contributed by atoms with Crippen LogP contribution in [0.5, 0.6) is 0 Å². The van der Waals surface area contributed by atoms with Crippen LogP contribution in [-0.2, 0) is 26.9 Å². The van der Waals surface area contributed by atoms with Crippen LogP contribution in [0.4, 0.5) is 13.2 Å². The van der Waals surface area contributed by atoms with Crippen LogP contribution in [0.3, 0.4) is 0 Å². The number of allylic oxidation sites excluding steroid dienone is 1. The van der Waals surface area contributed by atoms with Crippen molar-refractivity contribution in [2.45, 2.75) is 38.0 Å². The molecule has 2 aromatic heterocycles. The molecule has 0 amide bonds. The molecule has 168 valence electrons. The van der Waals surface area contributed by atoms with Crippen molar-refractivity contribution < 1.29 is 27.4 Å². The number of fused-ring (bicyclic) bond motifs is 1. The lowest BCUT2D eigenvalue weighted by molar-refractivity contribution is -0.140. The Morgan fingerprint density at radius 1 is 1.19 bits per heavy atom. The Hall–Kier alpha value is -3.13. The van der Waals surface area contributed by atoms with E-state index in [0.29, 0.717) is 16.6 Å². The summed E-state index contributed by atoms with van der Waals surface area (Å²) in [6.07, 6.45) is 3.10. The number of esters is 1. The third-order valence-corrected chi connectivity index (χ3v) is 5.87. The molecule has 2 heterocycles. The lowest BCUT2D eigenvalue weighted by Crippen LogP contribution is -2.13. The maximum atomic E-state index is 13.8. The molecule has 32 heavy (non-hydrogen) atoms. The molecule has 4 rings (SSSR count). The number of hydrogen-bond acceptors (Lipinski definition) is 4. The average Bonchev–Trinajstić information content (AvgIpc) is 3.20. The molecule has 5 nitrogen and oxygen atoms in total. The van der Waals surface area contributed by atoms with Gasteiger partial charge in [-0.3, -0.25) is 4.79 Å². The van der Waals surface area contributed by atoms with Gasteiger partial charge < -0.3 is 9.47 Å². The summed E-state index contributed by atoms with van der Waals surface area (Å²) < 4.78 is 53.2. The highest BCUT2D eigenvalue weighted by Crippen LogP contribution is 2.40. The fraction of sp³-hybridized carbons (Fsp3) is 0.333. The molecule has 0 saturated heterocycles. The average molecular weight is 444 g/mol. The Morgan fingerprint density at radius 2 is 2.00 bits per heavy atom. The van der Waals surface area contributed by atoms with Gasteiger partial charge in [0.25, 0.3) is 0 Å². The maximum absolute atomic E-state index is 13.8. The molecule has 1 atom stereocenters. The zero-order valence-corrected chi connectivity index (χ0v) is 17.8. The van der Waals surface area contributed by atoms with Crippen LogP contribution in [0.2, 0.25) is 0 Å². The third-order valence-electron chi connectivity index (χ3n) is 5.87. The number of nitrogens with zero attached hydrogens (tertiary/aromatic N) is 2. The van der Waals surface area contributed by atoms with Crippen LogP contribution >= 0.6 is 0 Å². The van der Waals surface area contributed by atoms with Crippen molar-refractivity contribution in [2.75, 3.05) is 14.2 Å². The highest BCUT2D eigenvalue weighted by Gasteiger charge is 2.34. The van der Waals surface area contributed by atoms with E-state index in [4.69, 9.17) is 9.47 Å². The monoisotopic (exact) mass is 444 g/mol. The van der Waals surface area contributed by atoms with Gasteiger partial charge in [-0.1, -0.05) is 12.1 Å². The van der Waals surface area contributed by atoms with Gasteiger partial charge in [0.1, 0.15) is 0 Å². The van der Waals surface area contributed by atoms with E-state index in [1.807, 2.05) is 6.08 Å². The molecule has 0 aliphatic heterocycles. The molecule has 1 aromatic carbocycles. The van der Waals surface area contributed by atoms with Crippen LogP contribution < -0.4 is 0 Å². The van der Waals surface area contributed by atoms with Crippen molar-refractivity contribution >= 4 is 17.1 Å². The minimum Gasteiger partial charge on any atom is -0.469 e. The van der Waals surface area contributed by atoms with Gasteiger partial charge in [0.2, 0.25) is 0 Å². The number of carbonyl (C=O) groups excluding carboxylic acids is 1. The molecule has 0 fully saturated rings. The predicted octanol–water partition coefficient (Wildman–Crippen LogP) is 5.32. The fourth-order valence-corrected chi connectivity index (χ4v) is 4.08. The second-order valence-electron chi connectivity index (χ2n) is 7.79. The van der Waals surface area contributed by atoms with E-state index < -0.39 is 17.7 Å². The molecule has 0 saturated carbocycles.